The van der Waals surface area contributed by atoms with Gasteiger partial charge in [-0.1, -0.05) is 23.8 Å². The van der Waals surface area contributed by atoms with Crippen LogP contribution >= 0.6 is 0 Å². The molecule has 1 aliphatic carbocycles. The minimum absolute atomic E-state index is 0.473. The quantitative estimate of drug-likeness (QED) is 0.505. The minimum atomic E-state index is 0.473. The number of aldehydes is 1. The first-order valence-corrected chi connectivity index (χ1v) is 5.30. The summed E-state index contributed by atoms with van der Waals surface area (Å²) in [6.07, 6.45) is 11.0. The normalized spacial score (nSPS) is 21.7. The van der Waals surface area contributed by atoms with E-state index in [1.807, 2.05) is 25.2 Å². The van der Waals surface area contributed by atoms with Crippen molar-refractivity contribution in [2.24, 2.45) is 5.92 Å². The van der Waals surface area contributed by atoms with E-state index in [1.54, 1.807) is 0 Å². The monoisotopic (exact) mass is 202 g/mol. The number of allylic oxidation sites excluding steroid dienone is 7. The maximum Gasteiger partial charge on any atom is 0.149 e. The molecule has 0 spiro atoms. The molecule has 0 fully saturated rings. The van der Waals surface area contributed by atoms with Crippen molar-refractivity contribution in [2.75, 3.05) is 0 Å². The lowest BCUT2D eigenvalue weighted by Gasteiger charge is -2.13. The fraction of sp³-hybridized carbons (Fsp3) is 0.357. The molecule has 80 valence electrons. The van der Waals surface area contributed by atoms with E-state index >= 15 is 0 Å². The van der Waals surface area contributed by atoms with Crippen LogP contribution in [0.3, 0.4) is 0 Å². The highest BCUT2D eigenvalue weighted by molar-refractivity contribution is 5.78. The van der Waals surface area contributed by atoms with Crippen LogP contribution in [-0.2, 0) is 4.79 Å². The zero-order valence-corrected chi connectivity index (χ0v) is 9.49. The largest absolute Gasteiger partial charge is 0.298 e. The third-order valence-corrected chi connectivity index (χ3v) is 2.75. The van der Waals surface area contributed by atoms with E-state index in [2.05, 4.69) is 19.6 Å². The van der Waals surface area contributed by atoms with Gasteiger partial charge in [-0.2, -0.15) is 0 Å². The summed E-state index contributed by atoms with van der Waals surface area (Å²) in [6.45, 7) is 7.89. The highest BCUT2D eigenvalue weighted by Gasteiger charge is 2.07. The van der Waals surface area contributed by atoms with Gasteiger partial charge in [0.2, 0.25) is 0 Å². The van der Waals surface area contributed by atoms with Crippen molar-refractivity contribution in [1.29, 1.82) is 0 Å². The van der Waals surface area contributed by atoms with Crippen molar-refractivity contribution in [1.82, 2.24) is 0 Å². The number of hydrogen-bond acceptors (Lipinski definition) is 1. The predicted octanol–water partition coefficient (Wildman–Crippen LogP) is 3.60. The second-order valence-corrected chi connectivity index (χ2v) is 4.02. The van der Waals surface area contributed by atoms with Crippen LogP contribution in [0.2, 0.25) is 0 Å². The lowest BCUT2D eigenvalue weighted by Crippen LogP contribution is -1.99. The predicted molar refractivity (Wildman–Crippen MR) is 64.6 cm³/mol. The summed E-state index contributed by atoms with van der Waals surface area (Å²) in [7, 11) is 0. The molecule has 15 heavy (non-hydrogen) atoms. The SMILES string of the molecule is C=CCC1C=C(C)C(C)=CC(C=O)=CC1. The number of hydrogen-bond donors (Lipinski definition) is 0. The van der Waals surface area contributed by atoms with Crippen LogP contribution in [0.15, 0.2) is 47.6 Å². The molecular weight excluding hydrogens is 184 g/mol. The molecule has 0 aliphatic heterocycles. The Morgan fingerprint density at radius 1 is 1.47 bits per heavy atom. The van der Waals surface area contributed by atoms with Crippen LogP contribution in [0, 0.1) is 5.92 Å². The van der Waals surface area contributed by atoms with Crippen LogP contribution in [-0.4, -0.2) is 6.29 Å². The highest BCUT2D eigenvalue weighted by Crippen LogP contribution is 2.22. The summed E-state index contributed by atoms with van der Waals surface area (Å²) in [5, 5.41) is 0. The van der Waals surface area contributed by atoms with Crippen molar-refractivity contribution < 1.29 is 4.79 Å². The molecule has 1 nitrogen and oxygen atoms in total. The molecule has 0 N–H and O–H groups in total. The lowest BCUT2D eigenvalue weighted by atomic mass is 9.92. The molecule has 0 saturated carbocycles. The van der Waals surface area contributed by atoms with Gasteiger partial charge in [0.25, 0.3) is 0 Å². The Morgan fingerprint density at radius 3 is 2.80 bits per heavy atom. The average Bonchev–Trinajstić information content (AvgIpc) is 2.21. The van der Waals surface area contributed by atoms with Gasteiger partial charge in [0.1, 0.15) is 6.29 Å². The Kier molecular flexibility index (Phi) is 4.29. The van der Waals surface area contributed by atoms with Crippen LogP contribution in [0.5, 0.6) is 0 Å². The van der Waals surface area contributed by atoms with Crippen molar-refractivity contribution >= 4 is 6.29 Å². The summed E-state index contributed by atoms with van der Waals surface area (Å²) in [6, 6.07) is 0. The van der Waals surface area contributed by atoms with E-state index in [4.69, 9.17) is 0 Å². The summed E-state index contributed by atoms with van der Waals surface area (Å²) in [5.41, 5.74) is 3.21. The molecule has 0 saturated heterocycles. The fourth-order valence-corrected chi connectivity index (χ4v) is 1.72. The molecule has 1 aliphatic rings. The zero-order valence-electron chi connectivity index (χ0n) is 9.49. The first kappa shape index (κ1) is 11.7. The molecular formula is C14H18O. The third kappa shape index (κ3) is 3.35. The van der Waals surface area contributed by atoms with E-state index in [1.165, 1.54) is 11.1 Å². The Balaban J connectivity index is 3.00. The first-order valence-electron chi connectivity index (χ1n) is 5.30. The average molecular weight is 202 g/mol. The van der Waals surface area contributed by atoms with Gasteiger partial charge >= 0.3 is 0 Å². The van der Waals surface area contributed by atoms with E-state index in [0.29, 0.717) is 5.92 Å². The molecule has 0 aromatic rings. The number of carbonyl (C=O) groups is 1. The van der Waals surface area contributed by atoms with E-state index in [9.17, 15) is 4.79 Å². The minimum Gasteiger partial charge on any atom is -0.298 e. The molecule has 0 aromatic carbocycles. The number of carbonyl (C=O) groups excluding carboxylic acids is 1. The molecule has 0 radical (unpaired) electrons. The Bertz CT molecular complexity index is 342. The smallest absolute Gasteiger partial charge is 0.149 e. The van der Waals surface area contributed by atoms with Crippen molar-refractivity contribution in [2.45, 2.75) is 26.7 Å². The summed E-state index contributed by atoms with van der Waals surface area (Å²) in [4.78, 5) is 10.8. The van der Waals surface area contributed by atoms with Crippen LogP contribution < -0.4 is 0 Å². The van der Waals surface area contributed by atoms with Crippen molar-refractivity contribution in [3.8, 4) is 0 Å². The van der Waals surface area contributed by atoms with Crippen molar-refractivity contribution in [3.63, 3.8) is 0 Å². The van der Waals surface area contributed by atoms with Gasteiger partial charge in [0.05, 0.1) is 0 Å². The summed E-state index contributed by atoms with van der Waals surface area (Å²) < 4.78 is 0. The van der Waals surface area contributed by atoms with Crippen LogP contribution in [0.25, 0.3) is 0 Å². The van der Waals surface area contributed by atoms with Gasteiger partial charge in [0.15, 0.2) is 0 Å². The van der Waals surface area contributed by atoms with E-state index in [-0.39, 0.29) is 0 Å². The second kappa shape index (κ2) is 5.50. The maximum atomic E-state index is 10.8. The van der Waals surface area contributed by atoms with Crippen LogP contribution in [0.1, 0.15) is 26.7 Å². The lowest BCUT2D eigenvalue weighted by molar-refractivity contribution is -0.104. The highest BCUT2D eigenvalue weighted by atomic mass is 16.1. The Hall–Kier alpha value is -1.37. The van der Waals surface area contributed by atoms with E-state index < -0.39 is 0 Å². The summed E-state index contributed by atoms with van der Waals surface area (Å²) >= 11 is 0. The molecule has 0 bridgehead atoms. The van der Waals surface area contributed by atoms with Gasteiger partial charge < -0.3 is 0 Å². The van der Waals surface area contributed by atoms with Gasteiger partial charge in [-0.3, -0.25) is 4.79 Å². The number of rotatable bonds is 3. The Labute approximate surface area is 91.9 Å². The molecule has 1 heteroatoms. The molecule has 0 amide bonds. The van der Waals surface area contributed by atoms with Gasteiger partial charge in [-0.05, 0) is 44.3 Å². The second-order valence-electron chi connectivity index (χ2n) is 4.02. The molecule has 0 aromatic heterocycles. The standard InChI is InChI=1S/C14H18O/c1-4-5-13-6-7-14(10-15)9-12(3)11(2)8-13/h4,7-10,13H,1,5-6H2,2-3H3. The van der Waals surface area contributed by atoms with Gasteiger partial charge in [-0.15, -0.1) is 6.58 Å². The van der Waals surface area contributed by atoms with Gasteiger partial charge in [0, 0.05) is 5.57 Å². The maximum absolute atomic E-state index is 10.8. The summed E-state index contributed by atoms with van der Waals surface area (Å²) in [5.74, 6) is 0.473. The molecule has 1 atom stereocenters. The van der Waals surface area contributed by atoms with Crippen LogP contribution in [0.4, 0.5) is 0 Å². The Morgan fingerprint density at radius 2 is 2.20 bits per heavy atom. The molecule has 0 heterocycles. The first-order chi connectivity index (χ1) is 7.17. The zero-order chi connectivity index (χ0) is 11.3. The fourth-order valence-electron chi connectivity index (χ4n) is 1.72. The van der Waals surface area contributed by atoms with Crippen molar-refractivity contribution in [3.05, 3.63) is 47.6 Å². The molecule has 1 rings (SSSR count). The van der Waals surface area contributed by atoms with E-state index in [0.717, 1.165) is 24.7 Å². The topological polar surface area (TPSA) is 17.1 Å². The molecule has 1 unspecified atom stereocenters. The van der Waals surface area contributed by atoms with Gasteiger partial charge in [-0.25, -0.2) is 0 Å². The third-order valence-electron chi connectivity index (χ3n) is 2.75.